The van der Waals surface area contributed by atoms with Crippen molar-refractivity contribution in [2.24, 2.45) is 5.73 Å². The summed E-state index contributed by atoms with van der Waals surface area (Å²) < 4.78 is 21.9. The molecule has 0 fully saturated rings. The van der Waals surface area contributed by atoms with Gasteiger partial charge in [0, 0.05) is 19.3 Å². The maximum atomic E-state index is 11.0. The van der Waals surface area contributed by atoms with E-state index in [0.717, 1.165) is 19.4 Å². The highest BCUT2D eigenvalue weighted by Gasteiger charge is 2.16. The smallest absolute Gasteiger partial charge is 0.148 e. The van der Waals surface area contributed by atoms with Crippen molar-refractivity contribution in [3.05, 3.63) is 0 Å². The second kappa shape index (κ2) is 7.31. The van der Waals surface area contributed by atoms with Gasteiger partial charge in [-0.05, 0) is 39.8 Å². The molecule has 0 spiro atoms. The summed E-state index contributed by atoms with van der Waals surface area (Å²) in [6, 6.07) is 0. The number of unbranched alkanes of at least 4 members (excludes halogenated alkanes) is 1. The van der Waals surface area contributed by atoms with E-state index in [1.54, 1.807) is 6.92 Å². The summed E-state index contributed by atoms with van der Waals surface area (Å²) in [5.74, 6) is 0.198. The molecule has 0 saturated carbocycles. The Balaban J connectivity index is 3.62. The Hall–Kier alpha value is -0.170. The molecule has 0 heterocycles. The van der Waals surface area contributed by atoms with Crippen LogP contribution in [0.1, 0.15) is 26.2 Å². The Kier molecular flexibility index (Phi) is 7.23. The van der Waals surface area contributed by atoms with E-state index in [-0.39, 0.29) is 12.3 Å². The average Bonchev–Trinajstić information content (AvgIpc) is 2.20. The standard InChI is InChI=1S/C11H26N2O3S/c1-11(14,10-12)6-4-5-7-13(2)8-9-17(3,15)16/h14H,4-10,12H2,1-3H3. The van der Waals surface area contributed by atoms with Gasteiger partial charge in [-0.3, -0.25) is 0 Å². The fraction of sp³-hybridized carbons (Fsp3) is 1.00. The van der Waals surface area contributed by atoms with Crippen molar-refractivity contribution in [1.29, 1.82) is 0 Å². The van der Waals surface area contributed by atoms with E-state index in [4.69, 9.17) is 5.73 Å². The van der Waals surface area contributed by atoms with Crippen LogP contribution >= 0.6 is 0 Å². The molecule has 1 atom stereocenters. The van der Waals surface area contributed by atoms with E-state index in [0.29, 0.717) is 13.0 Å². The van der Waals surface area contributed by atoms with Crippen molar-refractivity contribution in [2.75, 3.05) is 38.7 Å². The van der Waals surface area contributed by atoms with Gasteiger partial charge in [-0.15, -0.1) is 0 Å². The molecule has 0 amide bonds. The highest BCUT2D eigenvalue weighted by Crippen LogP contribution is 2.11. The van der Waals surface area contributed by atoms with Gasteiger partial charge in [0.1, 0.15) is 9.84 Å². The van der Waals surface area contributed by atoms with E-state index < -0.39 is 15.4 Å². The molecular weight excluding hydrogens is 240 g/mol. The molecule has 0 radical (unpaired) electrons. The summed E-state index contributed by atoms with van der Waals surface area (Å²) >= 11 is 0. The third-order valence-electron chi connectivity index (χ3n) is 2.79. The number of nitrogens with zero attached hydrogens (tertiary/aromatic N) is 1. The third-order valence-corrected chi connectivity index (χ3v) is 3.71. The Morgan fingerprint density at radius 1 is 1.29 bits per heavy atom. The molecule has 0 aliphatic carbocycles. The number of hydrogen-bond acceptors (Lipinski definition) is 5. The van der Waals surface area contributed by atoms with E-state index in [1.807, 2.05) is 11.9 Å². The van der Waals surface area contributed by atoms with Crippen LogP contribution in [0.15, 0.2) is 0 Å². The fourth-order valence-electron chi connectivity index (χ4n) is 1.42. The number of aliphatic hydroxyl groups is 1. The molecular formula is C11H26N2O3S. The summed E-state index contributed by atoms with van der Waals surface area (Å²) in [5.41, 5.74) is 4.64. The predicted octanol–water partition coefficient (Wildman–Crippen LogP) is -0.157. The molecule has 5 nitrogen and oxygen atoms in total. The van der Waals surface area contributed by atoms with Crippen molar-refractivity contribution >= 4 is 9.84 Å². The van der Waals surface area contributed by atoms with Crippen molar-refractivity contribution in [3.63, 3.8) is 0 Å². The second-order valence-corrected chi connectivity index (χ2v) is 7.35. The molecule has 0 aromatic heterocycles. The van der Waals surface area contributed by atoms with E-state index in [1.165, 1.54) is 6.26 Å². The molecule has 0 saturated heterocycles. The van der Waals surface area contributed by atoms with Gasteiger partial charge < -0.3 is 15.7 Å². The predicted molar refractivity (Wildman–Crippen MR) is 70.7 cm³/mol. The summed E-state index contributed by atoms with van der Waals surface area (Å²) in [7, 11) is -0.966. The number of nitrogens with two attached hydrogens (primary N) is 1. The first-order valence-corrected chi connectivity index (χ1v) is 8.01. The highest BCUT2D eigenvalue weighted by molar-refractivity contribution is 7.90. The fourth-order valence-corrected chi connectivity index (χ4v) is 2.07. The van der Waals surface area contributed by atoms with Gasteiger partial charge in [0.05, 0.1) is 11.4 Å². The Bertz CT molecular complexity index is 302. The normalized spacial score (nSPS) is 16.1. The minimum absolute atomic E-state index is 0.198. The van der Waals surface area contributed by atoms with Crippen LogP contribution in [0.25, 0.3) is 0 Å². The molecule has 0 bridgehead atoms. The maximum absolute atomic E-state index is 11.0. The van der Waals surface area contributed by atoms with Crippen LogP contribution in [0.5, 0.6) is 0 Å². The lowest BCUT2D eigenvalue weighted by atomic mass is 9.99. The zero-order valence-corrected chi connectivity index (χ0v) is 12.0. The minimum atomic E-state index is -2.88. The number of hydrogen-bond donors (Lipinski definition) is 2. The Morgan fingerprint density at radius 2 is 1.88 bits per heavy atom. The lowest BCUT2D eigenvalue weighted by Gasteiger charge is -2.21. The van der Waals surface area contributed by atoms with Crippen LogP contribution in [0, 0.1) is 0 Å². The van der Waals surface area contributed by atoms with Crippen LogP contribution in [-0.4, -0.2) is 62.7 Å². The molecule has 0 rings (SSSR count). The summed E-state index contributed by atoms with van der Waals surface area (Å²) in [4.78, 5) is 2.00. The summed E-state index contributed by atoms with van der Waals surface area (Å²) in [5, 5.41) is 9.68. The molecule has 0 aliphatic heterocycles. The van der Waals surface area contributed by atoms with Gasteiger partial charge in [-0.2, -0.15) is 0 Å². The Morgan fingerprint density at radius 3 is 2.35 bits per heavy atom. The average molecular weight is 266 g/mol. The molecule has 0 aromatic carbocycles. The first kappa shape index (κ1) is 16.8. The summed E-state index contributed by atoms with van der Waals surface area (Å²) in [6.07, 6.45) is 3.77. The Labute approximate surface area is 105 Å². The number of sulfone groups is 1. The molecule has 0 aliphatic rings. The van der Waals surface area contributed by atoms with Crippen molar-refractivity contribution in [1.82, 2.24) is 4.90 Å². The molecule has 1 unspecified atom stereocenters. The molecule has 6 heteroatoms. The van der Waals surface area contributed by atoms with Crippen LogP contribution in [0.3, 0.4) is 0 Å². The quantitative estimate of drug-likeness (QED) is 0.567. The molecule has 0 aromatic rings. The first-order valence-electron chi connectivity index (χ1n) is 5.95. The van der Waals surface area contributed by atoms with Gasteiger partial charge in [0.2, 0.25) is 0 Å². The van der Waals surface area contributed by atoms with E-state index in [9.17, 15) is 13.5 Å². The van der Waals surface area contributed by atoms with Gasteiger partial charge in [-0.1, -0.05) is 0 Å². The van der Waals surface area contributed by atoms with Gasteiger partial charge in [0.25, 0.3) is 0 Å². The van der Waals surface area contributed by atoms with Crippen LogP contribution in [0.4, 0.5) is 0 Å². The summed E-state index contributed by atoms with van der Waals surface area (Å²) in [6.45, 7) is 3.42. The maximum Gasteiger partial charge on any atom is 0.148 e. The van der Waals surface area contributed by atoms with Crippen molar-refractivity contribution < 1.29 is 13.5 Å². The highest BCUT2D eigenvalue weighted by atomic mass is 32.2. The first-order chi connectivity index (χ1) is 7.66. The lowest BCUT2D eigenvalue weighted by molar-refractivity contribution is 0.0566. The van der Waals surface area contributed by atoms with Crippen molar-refractivity contribution in [3.8, 4) is 0 Å². The van der Waals surface area contributed by atoms with E-state index >= 15 is 0 Å². The minimum Gasteiger partial charge on any atom is -0.389 e. The van der Waals surface area contributed by atoms with Crippen LogP contribution in [-0.2, 0) is 9.84 Å². The van der Waals surface area contributed by atoms with Crippen LogP contribution < -0.4 is 5.73 Å². The van der Waals surface area contributed by atoms with Crippen molar-refractivity contribution in [2.45, 2.75) is 31.8 Å². The SMILES string of the molecule is CN(CCCCC(C)(O)CN)CCS(C)(=O)=O. The monoisotopic (exact) mass is 266 g/mol. The van der Waals surface area contributed by atoms with Gasteiger partial charge >= 0.3 is 0 Å². The molecule has 3 N–H and O–H groups in total. The molecule has 17 heavy (non-hydrogen) atoms. The topological polar surface area (TPSA) is 83.6 Å². The van der Waals surface area contributed by atoms with Gasteiger partial charge in [0.15, 0.2) is 0 Å². The lowest BCUT2D eigenvalue weighted by Crippen LogP contribution is -2.34. The van der Waals surface area contributed by atoms with Gasteiger partial charge in [-0.25, -0.2) is 8.42 Å². The molecule has 104 valence electrons. The largest absolute Gasteiger partial charge is 0.389 e. The van der Waals surface area contributed by atoms with E-state index in [2.05, 4.69) is 0 Å². The third kappa shape index (κ3) is 10.7. The zero-order valence-electron chi connectivity index (χ0n) is 11.1. The second-order valence-electron chi connectivity index (χ2n) is 5.09. The zero-order chi connectivity index (χ0) is 13.5. The number of rotatable bonds is 9. The van der Waals surface area contributed by atoms with Crippen LogP contribution in [0.2, 0.25) is 0 Å².